The minimum atomic E-state index is -1.26. The molecule has 0 radical (unpaired) electrons. The molecule has 0 unspecified atom stereocenters. The number of hydrogen-bond donors (Lipinski definition) is 4. The number of nitrogens with zero attached hydrogens (tertiary/aromatic N) is 4. The van der Waals surface area contributed by atoms with Crippen molar-refractivity contribution in [1.82, 2.24) is 19.5 Å². The van der Waals surface area contributed by atoms with Gasteiger partial charge in [-0.15, -0.1) is 0 Å². The smallest absolute Gasteiger partial charge is 0.167 e. The molecule has 0 spiro atoms. The summed E-state index contributed by atoms with van der Waals surface area (Å²) in [6.45, 7) is 2.81. The Morgan fingerprint density at radius 1 is 1.43 bits per heavy atom. The first-order chi connectivity index (χ1) is 9.89. The van der Waals surface area contributed by atoms with Crippen molar-refractivity contribution in [3.05, 3.63) is 12.2 Å². The molecule has 1 fully saturated rings. The average molecular weight is 295 g/mol. The number of nitrogens with two attached hydrogens (primary N) is 1. The Labute approximate surface area is 120 Å². The monoisotopic (exact) mass is 295 g/mol. The fraction of sp³-hybridized carbons (Fsp3) is 0.583. The lowest BCUT2D eigenvalue weighted by atomic mass is 9.99. The Hall–Kier alpha value is -1.81. The van der Waals surface area contributed by atoms with Crippen LogP contribution >= 0.6 is 0 Å². The molecule has 9 nitrogen and oxygen atoms in total. The van der Waals surface area contributed by atoms with E-state index in [0.717, 1.165) is 0 Å². The third kappa shape index (κ3) is 1.89. The third-order valence-electron chi connectivity index (χ3n) is 3.88. The van der Waals surface area contributed by atoms with E-state index in [2.05, 4.69) is 15.0 Å². The molecule has 3 heterocycles. The number of nitrogen functional groups attached to an aromatic ring is 1. The average Bonchev–Trinajstić information content (AvgIpc) is 2.90. The Morgan fingerprint density at radius 3 is 2.76 bits per heavy atom. The molecule has 4 atom stereocenters. The van der Waals surface area contributed by atoms with Gasteiger partial charge in [0, 0.05) is 0 Å². The van der Waals surface area contributed by atoms with E-state index in [0.29, 0.717) is 17.0 Å². The summed E-state index contributed by atoms with van der Waals surface area (Å²) in [5.41, 5.74) is 5.30. The van der Waals surface area contributed by atoms with Crippen molar-refractivity contribution in [1.29, 1.82) is 0 Å². The Balaban J connectivity index is 2.14. The number of hydrogen-bond acceptors (Lipinski definition) is 8. The minimum absolute atomic E-state index is 0.222. The van der Waals surface area contributed by atoms with Gasteiger partial charge in [-0.25, -0.2) is 15.0 Å². The number of aromatic nitrogens is 4. The molecule has 1 aliphatic rings. The van der Waals surface area contributed by atoms with Crippen LogP contribution in [-0.4, -0.2) is 59.3 Å². The summed E-state index contributed by atoms with van der Waals surface area (Å²) < 4.78 is 7.21. The predicted molar refractivity (Wildman–Crippen MR) is 72.1 cm³/mol. The Kier molecular flexibility index (Phi) is 3.10. The SMILES string of the molecule is Cc1nc2c(N)ncnc2n1[C@@H]1O[C@](C)(CO)[C@@H](O)[C@H]1O. The first kappa shape index (κ1) is 14.1. The Bertz CT molecular complexity index is 690. The lowest BCUT2D eigenvalue weighted by molar-refractivity contribution is -0.116. The van der Waals surface area contributed by atoms with E-state index in [9.17, 15) is 15.3 Å². The topological polar surface area (TPSA) is 140 Å². The quantitative estimate of drug-likeness (QED) is 0.537. The zero-order valence-corrected chi connectivity index (χ0v) is 11.6. The predicted octanol–water partition coefficient (Wildman–Crippen LogP) is -1.28. The number of anilines is 1. The van der Waals surface area contributed by atoms with Crippen molar-refractivity contribution < 1.29 is 20.1 Å². The zero-order chi connectivity index (χ0) is 15.4. The van der Waals surface area contributed by atoms with E-state index >= 15 is 0 Å². The van der Waals surface area contributed by atoms with Crippen LogP contribution in [0.4, 0.5) is 5.82 Å². The largest absolute Gasteiger partial charge is 0.393 e. The standard InChI is InChI=1S/C12H17N5O4/c1-5-16-6-9(13)14-4-15-10(6)17(5)11-7(19)8(20)12(2,3-18)21-11/h4,7-8,11,18-20H,3H2,1-2H3,(H2,13,14,15)/t7-,8+,11-,12-/m1/s1. The molecular weight excluding hydrogens is 278 g/mol. The van der Waals surface area contributed by atoms with E-state index in [1.807, 2.05) is 0 Å². The summed E-state index contributed by atoms with van der Waals surface area (Å²) in [5.74, 6) is 0.732. The van der Waals surface area contributed by atoms with Gasteiger partial charge in [-0.3, -0.25) is 4.57 Å². The maximum atomic E-state index is 10.2. The van der Waals surface area contributed by atoms with Crippen LogP contribution in [0.15, 0.2) is 6.33 Å². The van der Waals surface area contributed by atoms with Gasteiger partial charge in [0.2, 0.25) is 0 Å². The van der Waals surface area contributed by atoms with Crippen LogP contribution in [0.2, 0.25) is 0 Å². The van der Waals surface area contributed by atoms with Crippen molar-refractivity contribution in [2.24, 2.45) is 0 Å². The van der Waals surface area contributed by atoms with E-state index in [1.165, 1.54) is 13.3 Å². The zero-order valence-electron chi connectivity index (χ0n) is 11.6. The minimum Gasteiger partial charge on any atom is -0.393 e. The number of ether oxygens (including phenoxy) is 1. The number of rotatable bonds is 2. The highest BCUT2D eigenvalue weighted by Gasteiger charge is 2.52. The maximum absolute atomic E-state index is 10.2. The van der Waals surface area contributed by atoms with Crippen LogP contribution in [0.5, 0.6) is 0 Å². The van der Waals surface area contributed by atoms with Crippen LogP contribution in [0.25, 0.3) is 11.2 Å². The van der Waals surface area contributed by atoms with Gasteiger partial charge in [0.1, 0.15) is 30.0 Å². The lowest BCUT2D eigenvalue weighted by Crippen LogP contribution is -2.43. The summed E-state index contributed by atoms with van der Waals surface area (Å²) in [7, 11) is 0. The maximum Gasteiger partial charge on any atom is 0.167 e. The van der Waals surface area contributed by atoms with Gasteiger partial charge in [0.25, 0.3) is 0 Å². The molecule has 9 heteroatoms. The molecule has 0 saturated carbocycles. The van der Waals surface area contributed by atoms with Gasteiger partial charge in [0.15, 0.2) is 23.2 Å². The van der Waals surface area contributed by atoms with Crippen molar-refractivity contribution >= 4 is 17.0 Å². The van der Waals surface area contributed by atoms with Gasteiger partial charge in [-0.05, 0) is 13.8 Å². The number of aliphatic hydroxyl groups is 3. The summed E-state index contributed by atoms with van der Waals surface area (Å²) in [4.78, 5) is 12.2. The van der Waals surface area contributed by atoms with Gasteiger partial charge < -0.3 is 25.8 Å². The molecule has 2 aromatic heterocycles. The summed E-state index contributed by atoms with van der Waals surface area (Å²) in [5, 5.41) is 29.7. The second kappa shape index (κ2) is 4.60. The summed E-state index contributed by atoms with van der Waals surface area (Å²) in [6.07, 6.45) is -2.09. The van der Waals surface area contributed by atoms with Crippen molar-refractivity contribution in [3.8, 4) is 0 Å². The second-order valence-corrected chi connectivity index (χ2v) is 5.37. The van der Waals surface area contributed by atoms with Crippen molar-refractivity contribution in [2.75, 3.05) is 12.3 Å². The van der Waals surface area contributed by atoms with Crippen molar-refractivity contribution in [3.63, 3.8) is 0 Å². The molecule has 114 valence electrons. The van der Waals surface area contributed by atoms with Gasteiger partial charge in [0.05, 0.1) is 6.61 Å². The molecule has 3 rings (SSSR count). The molecule has 0 bridgehead atoms. The molecule has 2 aromatic rings. The molecule has 1 saturated heterocycles. The number of aliphatic hydroxyl groups excluding tert-OH is 3. The first-order valence-electron chi connectivity index (χ1n) is 6.49. The highest BCUT2D eigenvalue weighted by molar-refractivity contribution is 5.81. The molecule has 5 N–H and O–H groups in total. The highest BCUT2D eigenvalue weighted by Crippen LogP contribution is 2.38. The lowest BCUT2D eigenvalue weighted by Gasteiger charge is -2.24. The molecule has 0 aliphatic carbocycles. The van der Waals surface area contributed by atoms with E-state index < -0.39 is 30.6 Å². The summed E-state index contributed by atoms with van der Waals surface area (Å²) in [6, 6.07) is 0. The Morgan fingerprint density at radius 2 is 2.14 bits per heavy atom. The molecular formula is C12H17N5O4. The normalized spacial score (nSPS) is 32.9. The van der Waals surface area contributed by atoms with Gasteiger partial charge in [-0.2, -0.15) is 0 Å². The number of aryl methyl sites for hydroxylation is 1. The van der Waals surface area contributed by atoms with E-state index in [-0.39, 0.29) is 5.82 Å². The van der Waals surface area contributed by atoms with Crippen LogP contribution in [0, 0.1) is 6.92 Å². The molecule has 1 aliphatic heterocycles. The fourth-order valence-electron chi connectivity index (χ4n) is 2.61. The van der Waals surface area contributed by atoms with E-state index in [1.54, 1.807) is 11.5 Å². The van der Waals surface area contributed by atoms with Crippen molar-refractivity contribution in [2.45, 2.75) is 37.9 Å². The molecule has 0 aromatic carbocycles. The van der Waals surface area contributed by atoms with Gasteiger partial charge in [-0.1, -0.05) is 0 Å². The first-order valence-corrected chi connectivity index (χ1v) is 6.49. The van der Waals surface area contributed by atoms with Crippen LogP contribution in [-0.2, 0) is 4.74 Å². The second-order valence-electron chi connectivity index (χ2n) is 5.37. The van der Waals surface area contributed by atoms with Crippen LogP contribution in [0.3, 0.4) is 0 Å². The highest BCUT2D eigenvalue weighted by atomic mass is 16.6. The van der Waals surface area contributed by atoms with Gasteiger partial charge >= 0.3 is 0 Å². The van der Waals surface area contributed by atoms with Crippen LogP contribution < -0.4 is 5.73 Å². The molecule has 0 amide bonds. The van der Waals surface area contributed by atoms with E-state index in [4.69, 9.17) is 10.5 Å². The number of imidazole rings is 1. The fourth-order valence-corrected chi connectivity index (χ4v) is 2.61. The summed E-state index contributed by atoms with van der Waals surface area (Å²) >= 11 is 0. The number of fused-ring (bicyclic) bond motifs is 1. The third-order valence-corrected chi connectivity index (χ3v) is 3.88. The molecule has 21 heavy (non-hydrogen) atoms. The van der Waals surface area contributed by atoms with Crippen LogP contribution in [0.1, 0.15) is 19.0 Å².